The summed E-state index contributed by atoms with van der Waals surface area (Å²) in [5.41, 5.74) is 1.40. The van der Waals surface area contributed by atoms with Gasteiger partial charge < -0.3 is 9.84 Å². The largest absolute Gasteiger partial charge is 0.481 e. The Labute approximate surface area is 99.9 Å². The highest BCUT2D eigenvalue weighted by Crippen LogP contribution is 2.39. The van der Waals surface area contributed by atoms with Crippen molar-refractivity contribution < 1.29 is 14.6 Å². The summed E-state index contributed by atoms with van der Waals surface area (Å²) in [7, 11) is 1.52. The van der Waals surface area contributed by atoms with E-state index in [9.17, 15) is 4.79 Å². The number of methoxy groups -OCH3 is 1. The van der Waals surface area contributed by atoms with Crippen LogP contribution in [0.15, 0.2) is 0 Å². The summed E-state index contributed by atoms with van der Waals surface area (Å²) in [5.74, 6) is 0.767. The lowest BCUT2D eigenvalue weighted by atomic mass is 10.1. The van der Waals surface area contributed by atoms with Gasteiger partial charge in [0.05, 0.1) is 19.2 Å². The number of hydrogen-bond acceptors (Lipinski definition) is 4. The molecule has 0 amide bonds. The summed E-state index contributed by atoms with van der Waals surface area (Å²) in [4.78, 5) is 19.6. The van der Waals surface area contributed by atoms with Gasteiger partial charge in [0.15, 0.2) is 0 Å². The van der Waals surface area contributed by atoms with Crippen LogP contribution in [0.4, 0.5) is 0 Å². The maximum Gasteiger partial charge on any atom is 0.308 e. The zero-order valence-electron chi connectivity index (χ0n) is 10.1. The lowest BCUT2D eigenvalue weighted by Crippen LogP contribution is -2.11. The van der Waals surface area contributed by atoms with Gasteiger partial charge in [-0.05, 0) is 19.3 Å². The monoisotopic (exact) mass is 236 g/mol. The number of aliphatic carboxylic acids is 1. The molecule has 1 heterocycles. The van der Waals surface area contributed by atoms with Crippen LogP contribution in [0, 0.1) is 0 Å². The van der Waals surface area contributed by atoms with Crippen LogP contribution in [0.25, 0.3) is 0 Å². The van der Waals surface area contributed by atoms with Gasteiger partial charge >= 0.3 is 5.97 Å². The Kier molecular flexibility index (Phi) is 3.26. The molecule has 1 aromatic heterocycles. The van der Waals surface area contributed by atoms with E-state index in [1.54, 1.807) is 0 Å². The molecule has 0 saturated heterocycles. The van der Waals surface area contributed by atoms with E-state index < -0.39 is 5.97 Å². The first kappa shape index (κ1) is 11.8. The van der Waals surface area contributed by atoms with E-state index >= 15 is 0 Å². The first-order chi connectivity index (χ1) is 8.15. The van der Waals surface area contributed by atoms with Gasteiger partial charge in [0.2, 0.25) is 5.88 Å². The molecule has 0 radical (unpaired) electrons. The fourth-order valence-electron chi connectivity index (χ4n) is 1.84. The Bertz CT molecular complexity index is 416. The Balaban J connectivity index is 2.43. The molecule has 5 nitrogen and oxygen atoms in total. The second-order valence-electron chi connectivity index (χ2n) is 4.21. The molecular weight excluding hydrogens is 220 g/mol. The van der Waals surface area contributed by atoms with Crippen LogP contribution < -0.4 is 4.74 Å². The van der Waals surface area contributed by atoms with E-state index in [1.165, 1.54) is 7.11 Å². The van der Waals surface area contributed by atoms with Crippen molar-refractivity contribution in [1.82, 2.24) is 9.97 Å². The number of ether oxygens (including phenoxy) is 1. The molecule has 0 bridgehead atoms. The zero-order valence-corrected chi connectivity index (χ0v) is 10.1. The van der Waals surface area contributed by atoms with Gasteiger partial charge in [-0.1, -0.05) is 6.92 Å². The normalized spacial score (nSPS) is 14.7. The minimum absolute atomic E-state index is 0.0860. The van der Waals surface area contributed by atoms with E-state index in [4.69, 9.17) is 9.84 Å². The number of nitrogens with zero attached hydrogens (tertiary/aromatic N) is 2. The van der Waals surface area contributed by atoms with Crippen LogP contribution in [0.1, 0.15) is 42.8 Å². The fourth-order valence-corrected chi connectivity index (χ4v) is 1.84. The van der Waals surface area contributed by atoms with Crippen molar-refractivity contribution in [3.63, 3.8) is 0 Å². The molecule has 1 fully saturated rings. The van der Waals surface area contributed by atoms with E-state index in [2.05, 4.69) is 9.97 Å². The van der Waals surface area contributed by atoms with Crippen LogP contribution in [0.2, 0.25) is 0 Å². The van der Waals surface area contributed by atoms with Gasteiger partial charge in [-0.15, -0.1) is 0 Å². The fraction of sp³-hybridized carbons (Fsp3) is 0.583. The predicted octanol–water partition coefficient (Wildman–Crippen LogP) is 1.55. The molecule has 0 aromatic carbocycles. The van der Waals surface area contributed by atoms with Crippen molar-refractivity contribution in [2.24, 2.45) is 0 Å². The van der Waals surface area contributed by atoms with Crippen LogP contribution in [0.5, 0.6) is 5.88 Å². The minimum atomic E-state index is -0.888. The van der Waals surface area contributed by atoms with Crippen LogP contribution in [0.3, 0.4) is 0 Å². The Morgan fingerprint density at radius 2 is 2.18 bits per heavy atom. The third-order valence-electron chi connectivity index (χ3n) is 2.87. The second kappa shape index (κ2) is 4.69. The summed E-state index contributed by atoms with van der Waals surface area (Å²) < 4.78 is 5.19. The number of carbonyl (C=O) groups is 1. The lowest BCUT2D eigenvalue weighted by Gasteiger charge is -2.11. The SMILES string of the molecule is CCc1nc(C2CC2)nc(OC)c1CC(=O)O. The van der Waals surface area contributed by atoms with E-state index in [-0.39, 0.29) is 6.42 Å². The summed E-state index contributed by atoms with van der Waals surface area (Å²) in [6.07, 6.45) is 2.84. The summed E-state index contributed by atoms with van der Waals surface area (Å²) in [6.45, 7) is 1.96. The van der Waals surface area contributed by atoms with Gasteiger partial charge in [0.1, 0.15) is 5.82 Å². The quantitative estimate of drug-likeness (QED) is 0.839. The van der Waals surface area contributed by atoms with E-state index in [0.29, 0.717) is 23.8 Å². The average Bonchev–Trinajstić information content (AvgIpc) is 3.12. The van der Waals surface area contributed by atoms with E-state index in [1.807, 2.05) is 6.92 Å². The molecule has 92 valence electrons. The first-order valence-corrected chi connectivity index (χ1v) is 5.81. The van der Waals surface area contributed by atoms with Crippen molar-refractivity contribution in [2.45, 2.75) is 38.5 Å². The highest BCUT2D eigenvalue weighted by Gasteiger charge is 2.29. The molecule has 1 aromatic rings. The maximum atomic E-state index is 10.8. The van der Waals surface area contributed by atoms with Gasteiger partial charge in [-0.25, -0.2) is 4.98 Å². The van der Waals surface area contributed by atoms with Crippen LogP contribution in [-0.4, -0.2) is 28.2 Å². The molecule has 1 N–H and O–H groups in total. The molecule has 0 spiro atoms. The molecule has 1 aliphatic carbocycles. The van der Waals surface area contributed by atoms with Gasteiger partial charge in [-0.3, -0.25) is 4.79 Å². The van der Waals surface area contributed by atoms with Crippen LogP contribution in [-0.2, 0) is 17.6 Å². The number of carboxylic acids is 1. The van der Waals surface area contributed by atoms with Crippen molar-refractivity contribution in [1.29, 1.82) is 0 Å². The zero-order chi connectivity index (χ0) is 12.4. The molecular formula is C12H16N2O3. The molecule has 0 aliphatic heterocycles. The minimum Gasteiger partial charge on any atom is -0.481 e. The number of carboxylic acid groups (broad SMARTS) is 1. The summed E-state index contributed by atoms with van der Waals surface area (Å²) in [6, 6.07) is 0. The molecule has 5 heteroatoms. The average molecular weight is 236 g/mol. The Morgan fingerprint density at radius 3 is 2.65 bits per heavy atom. The smallest absolute Gasteiger partial charge is 0.308 e. The third kappa shape index (κ3) is 2.54. The van der Waals surface area contributed by atoms with Gasteiger partial charge in [0, 0.05) is 11.5 Å². The van der Waals surface area contributed by atoms with Crippen LogP contribution >= 0.6 is 0 Å². The van der Waals surface area contributed by atoms with Crippen molar-refractivity contribution in [3.8, 4) is 5.88 Å². The summed E-state index contributed by atoms with van der Waals surface area (Å²) in [5, 5.41) is 8.89. The molecule has 2 rings (SSSR count). The number of hydrogen-bond donors (Lipinski definition) is 1. The maximum absolute atomic E-state index is 10.8. The third-order valence-corrected chi connectivity index (χ3v) is 2.87. The van der Waals surface area contributed by atoms with Crippen molar-refractivity contribution in [3.05, 3.63) is 17.1 Å². The molecule has 1 aliphatic rings. The number of rotatable bonds is 5. The first-order valence-electron chi connectivity index (χ1n) is 5.81. The number of aromatic nitrogens is 2. The predicted molar refractivity (Wildman–Crippen MR) is 61.3 cm³/mol. The van der Waals surface area contributed by atoms with Gasteiger partial charge in [-0.2, -0.15) is 4.98 Å². The molecule has 0 unspecified atom stereocenters. The van der Waals surface area contributed by atoms with Crippen molar-refractivity contribution in [2.75, 3.05) is 7.11 Å². The Morgan fingerprint density at radius 1 is 1.47 bits per heavy atom. The van der Waals surface area contributed by atoms with E-state index in [0.717, 1.165) is 24.4 Å². The standard InChI is InChI=1S/C12H16N2O3/c1-3-9-8(6-10(15)16)12(17-2)14-11(13-9)7-4-5-7/h7H,3-6H2,1-2H3,(H,15,16). The molecule has 0 atom stereocenters. The summed E-state index contributed by atoms with van der Waals surface area (Å²) >= 11 is 0. The highest BCUT2D eigenvalue weighted by molar-refractivity contribution is 5.71. The second-order valence-corrected chi connectivity index (χ2v) is 4.21. The highest BCUT2D eigenvalue weighted by atomic mass is 16.5. The van der Waals surface area contributed by atoms with Crippen molar-refractivity contribution >= 4 is 5.97 Å². The topological polar surface area (TPSA) is 72.3 Å². The lowest BCUT2D eigenvalue weighted by molar-refractivity contribution is -0.136. The molecule has 17 heavy (non-hydrogen) atoms. The van der Waals surface area contributed by atoms with Gasteiger partial charge in [0.25, 0.3) is 0 Å². The Hall–Kier alpha value is -1.65. The molecule has 1 saturated carbocycles. The number of aryl methyl sites for hydroxylation is 1.